The quantitative estimate of drug-likeness (QED) is 0.780. The van der Waals surface area contributed by atoms with Crippen LogP contribution in [0.2, 0.25) is 0 Å². The molecule has 16 heavy (non-hydrogen) atoms. The molecule has 86 valence electrons. The Morgan fingerprint density at radius 3 is 2.69 bits per heavy atom. The van der Waals surface area contributed by atoms with Crippen LogP contribution in [-0.4, -0.2) is 25.3 Å². The van der Waals surface area contributed by atoms with Crippen molar-refractivity contribution in [1.29, 1.82) is 0 Å². The van der Waals surface area contributed by atoms with Crippen molar-refractivity contribution in [2.45, 2.75) is 12.3 Å². The van der Waals surface area contributed by atoms with Gasteiger partial charge < -0.3 is 4.90 Å². The average molecular weight is 290 g/mol. The maximum atomic E-state index is 13.0. The first-order valence-corrected chi connectivity index (χ1v) is 5.69. The molecule has 0 bridgehead atoms. The van der Waals surface area contributed by atoms with Crippen LogP contribution in [0.4, 0.5) is 14.5 Å². The summed E-state index contributed by atoms with van der Waals surface area (Å²) in [4.78, 5) is 12.2. The number of hydrogen-bond acceptors (Lipinski definition) is 2. The number of carbonyl (C=O) groups is 1. The lowest BCUT2D eigenvalue weighted by Gasteiger charge is -2.18. The van der Waals surface area contributed by atoms with E-state index in [2.05, 4.69) is 15.9 Å². The van der Waals surface area contributed by atoms with Gasteiger partial charge in [-0.2, -0.15) is 0 Å². The molecule has 2 rings (SSSR count). The molecule has 1 saturated heterocycles. The van der Waals surface area contributed by atoms with Crippen LogP contribution in [0, 0.1) is 0 Å². The van der Waals surface area contributed by atoms with Crippen molar-refractivity contribution in [2.24, 2.45) is 0 Å². The minimum absolute atomic E-state index is 0.111. The highest BCUT2D eigenvalue weighted by atomic mass is 79.9. The Hall–Kier alpha value is -0.970. The van der Waals surface area contributed by atoms with Gasteiger partial charge in [0.1, 0.15) is 0 Å². The Kier molecular flexibility index (Phi) is 2.97. The van der Waals surface area contributed by atoms with E-state index in [1.165, 1.54) is 0 Å². The Morgan fingerprint density at radius 1 is 1.44 bits per heavy atom. The summed E-state index contributed by atoms with van der Waals surface area (Å²) in [6.45, 7) is 0.0970. The van der Waals surface area contributed by atoms with Crippen molar-refractivity contribution in [3.8, 4) is 0 Å². The minimum Gasteiger partial charge on any atom is -0.365 e. The van der Waals surface area contributed by atoms with Crippen LogP contribution in [0.1, 0.15) is 16.8 Å². The van der Waals surface area contributed by atoms with Gasteiger partial charge in [-0.15, -0.1) is 0 Å². The monoisotopic (exact) mass is 289 g/mol. The Bertz CT molecular complexity index is 422. The van der Waals surface area contributed by atoms with Crippen LogP contribution in [0.15, 0.2) is 22.7 Å². The molecule has 0 N–H and O–H groups in total. The molecule has 1 aliphatic rings. The van der Waals surface area contributed by atoms with Crippen molar-refractivity contribution in [3.63, 3.8) is 0 Å². The fourth-order valence-corrected chi connectivity index (χ4v) is 2.22. The third-order valence-electron chi connectivity index (χ3n) is 2.65. The highest BCUT2D eigenvalue weighted by molar-refractivity contribution is 9.10. The number of carbonyl (C=O) groups excluding carboxylic acids is 1. The van der Waals surface area contributed by atoms with Gasteiger partial charge in [-0.3, -0.25) is 4.79 Å². The van der Waals surface area contributed by atoms with E-state index in [9.17, 15) is 13.6 Å². The second-order valence-electron chi connectivity index (χ2n) is 3.85. The van der Waals surface area contributed by atoms with Crippen LogP contribution in [0.3, 0.4) is 0 Å². The normalized spacial score (nSPS) is 18.8. The standard InChI is InChI=1S/C11H10BrF2NO/c12-10-5-9(2-1-8(10)6-16)15-4-3-11(13,14)7-15/h1-2,5-6H,3-4,7H2. The maximum Gasteiger partial charge on any atom is 0.266 e. The van der Waals surface area contributed by atoms with Gasteiger partial charge in [0.05, 0.1) is 6.54 Å². The van der Waals surface area contributed by atoms with Gasteiger partial charge in [0, 0.05) is 28.7 Å². The topological polar surface area (TPSA) is 20.3 Å². The van der Waals surface area contributed by atoms with Crippen LogP contribution < -0.4 is 4.90 Å². The molecule has 1 fully saturated rings. The van der Waals surface area contributed by atoms with Crippen LogP contribution in [0.5, 0.6) is 0 Å². The van der Waals surface area contributed by atoms with E-state index < -0.39 is 5.92 Å². The van der Waals surface area contributed by atoms with Crippen LogP contribution in [-0.2, 0) is 0 Å². The van der Waals surface area contributed by atoms with E-state index in [1.54, 1.807) is 23.1 Å². The van der Waals surface area contributed by atoms with Gasteiger partial charge in [0.25, 0.3) is 5.92 Å². The predicted octanol–water partition coefficient (Wildman–Crippen LogP) is 3.11. The zero-order valence-electron chi connectivity index (χ0n) is 8.42. The molecule has 1 aliphatic heterocycles. The highest BCUT2D eigenvalue weighted by Crippen LogP contribution is 2.32. The Labute approximate surface area is 100 Å². The Balaban J connectivity index is 2.23. The average Bonchev–Trinajstić information content (AvgIpc) is 2.59. The van der Waals surface area contributed by atoms with E-state index >= 15 is 0 Å². The lowest BCUT2D eigenvalue weighted by atomic mass is 10.2. The first kappa shape index (κ1) is 11.5. The molecule has 0 aromatic heterocycles. The fourth-order valence-electron chi connectivity index (χ4n) is 1.76. The molecule has 2 nitrogen and oxygen atoms in total. The molecule has 5 heteroatoms. The number of aldehydes is 1. The second-order valence-corrected chi connectivity index (χ2v) is 4.71. The SMILES string of the molecule is O=Cc1ccc(N2CCC(F)(F)C2)cc1Br. The van der Waals surface area contributed by atoms with Crippen LogP contribution in [0.25, 0.3) is 0 Å². The van der Waals surface area contributed by atoms with Gasteiger partial charge >= 0.3 is 0 Å². The highest BCUT2D eigenvalue weighted by Gasteiger charge is 2.38. The summed E-state index contributed by atoms with van der Waals surface area (Å²) in [6, 6.07) is 5.02. The Morgan fingerprint density at radius 2 is 2.19 bits per heavy atom. The molecule has 0 atom stereocenters. The van der Waals surface area contributed by atoms with E-state index in [1.807, 2.05) is 0 Å². The summed E-state index contributed by atoms with van der Waals surface area (Å²) >= 11 is 3.24. The molecule has 1 heterocycles. The van der Waals surface area contributed by atoms with Crippen molar-refractivity contribution < 1.29 is 13.6 Å². The third-order valence-corrected chi connectivity index (χ3v) is 3.33. The van der Waals surface area contributed by atoms with Gasteiger partial charge in [-0.1, -0.05) is 0 Å². The number of rotatable bonds is 2. The number of hydrogen-bond donors (Lipinski definition) is 0. The first-order valence-electron chi connectivity index (χ1n) is 4.89. The van der Waals surface area contributed by atoms with Gasteiger partial charge in [0.2, 0.25) is 0 Å². The van der Waals surface area contributed by atoms with E-state index in [-0.39, 0.29) is 13.0 Å². The summed E-state index contributed by atoms with van der Waals surface area (Å²) in [5, 5.41) is 0. The molecule has 1 aromatic rings. The zero-order chi connectivity index (χ0) is 11.8. The number of nitrogens with zero attached hydrogens (tertiary/aromatic N) is 1. The molecule has 0 aliphatic carbocycles. The summed E-state index contributed by atoms with van der Waals surface area (Å²) in [6.07, 6.45) is 0.618. The van der Waals surface area contributed by atoms with E-state index in [0.717, 1.165) is 12.0 Å². The van der Waals surface area contributed by atoms with Gasteiger partial charge in [-0.05, 0) is 34.1 Å². The lowest BCUT2D eigenvalue weighted by Crippen LogP contribution is -2.24. The maximum absolute atomic E-state index is 13.0. The van der Waals surface area contributed by atoms with Crippen molar-refractivity contribution in [3.05, 3.63) is 28.2 Å². The molecule has 1 aromatic carbocycles. The van der Waals surface area contributed by atoms with Crippen LogP contribution >= 0.6 is 15.9 Å². The molecule has 0 spiro atoms. The molecular weight excluding hydrogens is 280 g/mol. The summed E-state index contributed by atoms with van der Waals surface area (Å²) in [5.74, 6) is -2.60. The molecule has 0 amide bonds. The molecule has 0 radical (unpaired) electrons. The van der Waals surface area contributed by atoms with E-state index in [4.69, 9.17) is 0 Å². The number of alkyl halides is 2. The van der Waals surface area contributed by atoms with Crippen molar-refractivity contribution in [2.75, 3.05) is 18.0 Å². The summed E-state index contributed by atoms with van der Waals surface area (Å²) in [5.41, 5.74) is 1.24. The van der Waals surface area contributed by atoms with Crippen molar-refractivity contribution in [1.82, 2.24) is 0 Å². The number of benzene rings is 1. The smallest absolute Gasteiger partial charge is 0.266 e. The van der Waals surface area contributed by atoms with Gasteiger partial charge in [0.15, 0.2) is 6.29 Å². The minimum atomic E-state index is -2.60. The second kappa shape index (κ2) is 4.13. The first-order chi connectivity index (χ1) is 7.52. The number of halogens is 3. The molecule has 0 unspecified atom stereocenters. The zero-order valence-corrected chi connectivity index (χ0v) is 10.0. The molecule has 0 saturated carbocycles. The fraction of sp³-hybridized carbons (Fsp3) is 0.364. The third kappa shape index (κ3) is 2.24. The van der Waals surface area contributed by atoms with E-state index in [0.29, 0.717) is 16.6 Å². The van der Waals surface area contributed by atoms with Crippen molar-refractivity contribution >= 4 is 27.9 Å². The predicted molar refractivity (Wildman–Crippen MR) is 61.3 cm³/mol. The molecular formula is C11H10BrF2NO. The lowest BCUT2D eigenvalue weighted by molar-refractivity contribution is 0.0257. The summed E-state index contributed by atoms with van der Waals surface area (Å²) < 4.78 is 26.7. The summed E-state index contributed by atoms with van der Waals surface area (Å²) in [7, 11) is 0. The van der Waals surface area contributed by atoms with Gasteiger partial charge in [-0.25, -0.2) is 8.78 Å². The largest absolute Gasteiger partial charge is 0.365 e. The number of anilines is 1.